The van der Waals surface area contributed by atoms with E-state index in [0.717, 1.165) is 29.8 Å². The fourth-order valence-corrected chi connectivity index (χ4v) is 2.67. The molecule has 1 aliphatic rings. The van der Waals surface area contributed by atoms with Gasteiger partial charge in [-0.2, -0.15) is 0 Å². The van der Waals surface area contributed by atoms with Crippen LogP contribution in [0.1, 0.15) is 47.6 Å². The number of aromatic nitrogens is 3. The van der Waals surface area contributed by atoms with Crippen molar-refractivity contribution in [2.24, 2.45) is 0 Å². The Morgan fingerprint density at radius 1 is 1.42 bits per heavy atom. The minimum atomic E-state index is -0.184. The number of nitrogens with one attached hydrogen (secondary N) is 1. The smallest absolute Gasteiger partial charge is 0.273 e. The van der Waals surface area contributed by atoms with Gasteiger partial charge in [-0.05, 0) is 24.1 Å². The summed E-state index contributed by atoms with van der Waals surface area (Å²) in [6.07, 6.45) is 1.87. The van der Waals surface area contributed by atoms with Crippen LogP contribution in [0.4, 0.5) is 0 Å². The van der Waals surface area contributed by atoms with Gasteiger partial charge in [-0.25, -0.2) is 4.68 Å². The van der Waals surface area contributed by atoms with E-state index < -0.39 is 0 Å². The summed E-state index contributed by atoms with van der Waals surface area (Å²) < 4.78 is 12.8. The van der Waals surface area contributed by atoms with E-state index in [0.29, 0.717) is 25.4 Å². The minimum absolute atomic E-state index is 0.110. The van der Waals surface area contributed by atoms with Crippen LogP contribution in [0.5, 0.6) is 5.75 Å². The molecule has 2 heterocycles. The highest BCUT2D eigenvalue weighted by atomic mass is 16.5. The third kappa shape index (κ3) is 3.41. The summed E-state index contributed by atoms with van der Waals surface area (Å²) in [7, 11) is 1.64. The van der Waals surface area contributed by atoms with Crippen molar-refractivity contribution < 1.29 is 14.3 Å². The number of unbranched alkanes of at least 4 members (excludes halogenated alkanes) is 1. The number of benzene rings is 1. The maximum Gasteiger partial charge on any atom is 0.273 e. The predicted molar refractivity (Wildman–Crippen MR) is 87.8 cm³/mol. The van der Waals surface area contributed by atoms with E-state index in [1.165, 1.54) is 0 Å². The van der Waals surface area contributed by atoms with Gasteiger partial charge in [0.2, 0.25) is 0 Å². The average molecular weight is 330 g/mol. The van der Waals surface area contributed by atoms with Gasteiger partial charge in [-0.3, -0.25) is 4.79 Å². The van der Waals surface area contributed by atoms with E-state index >= 15 is 0 Å². The molecule has 0 unspecified atom stereocenters. The summed E-state index contributed by atoms with van der Waals surface area (Å²) in [6, 6.07) is 7.76. The molecule has 24 heavy (non-hydrogen) atoms. The molecule has 1 aromatic heterocycles. The molecule has 0 aliphatic carbocycles. The molecular weight excluding hydrogens is 308 g/mol. The standard InChI is InChI=1S/C17H22N4O3/c1-3-4-9-18-17(22)16-14-11-24-15(10-21(14)20-19-16)12-5-7-13(23-2)8-6-12/h5-8,15H,3-4,9-11H2,1-2H3,(H,18,22)/t15-/m0/s1. The lowest BCUT2D eigenvalue weighted by molar-refractivity contribution is -0.00179. The number of nitrogens with zero attached hydrogens (tertiary/aromatic N) is 3. The molecule has 128 valence electrons. The van der Waals surface area contributed by atoms with Crippen molar-refractivity contribution in [3.8, 4) is 5.75 Å². The number of carbonyl (C=O) groups excluding carboxylic acids is 1. The van der Waals surface area contributed by atoms with Crippen molar-refractivity contribution in [3.05, 3.63) is 41.2 Å². The summed E-state index contributed by atoms with van der Waals surface area (Å²) in [6.45, 7) is 3.59. The molecule has 0 saturated carbocycles. The number of hydrogen-bond acceptors (Lipinski definition) is 5. The van der Waals surface area contributed by atoms with Crippen molar-refractivity contribution in [2.45, 2.75) is 39.0 Å². The first-order chi connectivity index (χ1) is 11.7. The topological polar surface area (TPSA) is 78.3 Å². The summed E-state index contributed by atoms with van der Waals surface area (Å²) in [5, 5.41) is 11.0. The second kappa shape index (κ2) is 7.44. The number of fused-ring (bicyclic) bond motifs is 1. The van der Waals surface area contributed by atoms with Gasteiger partial charge >= 0.3 is 0 Å². The first-order valence-electron chi connectivity index (χ1n) is 8.19. The van der Waals surface area contributed by atoms with E-state index in [-0.39, 0.29) is 12.0 Å². The number of rotatable bonds is 6. The SMILES string of the molecule is CCCCNC(=O)c1nnn2c1CO[C@H](c1ccc(OC)cc1)C2. The van der Waals surface area contributed by atoms with E-state index in [9.17, 15) is 4.79 Å². The molecule has 1 aliphatic heterocycles. The van der Waals surface area contributed by atoms with Gasteiger partial charge in [-0.1, -0.05) is 30.7 Å². The van der Waals surface area contributed by atoms with Crippen molar-refractivity contribution in [1.82, 2.24) is 20.3 Å². The van der Waals surface area contributed by atoms with Crippen molar-refractivity contribution in [3.63, 3.8) is 0 Å². The minimum Gasteiger partial charge on any atom is -0.497 e. The third-order valence-corrected chi connectivity index (χ3v) is 4.12. The zero-order valence-electron chi connectivity index (χ0n) is 14.0. The lowest BCUT2D eigenvalue weighted by atomic mass is 10.1. The van der Waals surface area contributed by atoms with Crippen molar-refractivity contribution in [1.29, 1.82) is 0 Å². The first kappa shape index (κ1) is 16.4. The average Bonchev–Trinajstić information content (AvgIpc) is 3.05. The molecule has 2 aromatic rings. The summed E-state index contributed by atoms with van der Waals surface area (Å²) in [5.41, 5.74) is 2.14. The maximum atomic E-state index is 12.2. The van der Waals surface area contributed by atoms with E-state index in [1.807, 2.05) is 24.3 Å². The number of carbonyl (C=O) groups is 1. The van der Waals surface area contributed by atoms with E-state index in [1.54, 1.807) is 11.8 Å². The highest BCUT2D eigenvalue weighted by molar-refractivity contribution is 5.93. The zero-order chi connectivity index (χ0) is 16.9. The summed E-state index contributed by atoms with van der Waals surface area (Å²) in [4.78, 5) is 12.2. The Morgan fingerprint density at radius 2 is 2.21 bits per heavy atom. The van der Waals surface area contributed by atoms with Gasteiger partial charge in [0, 0.05) is 6.54 Å². The van der Waals surface area contributed by atoms with Gasteiger partial charge in [-0.15, -0.1) is 5.10 Å². The van der Waals surface area contributed by atoms with Gasteiger partial charge in [0.05, 0.1) is 26.0 Å². The predicted octanol–water partition coefficient (Wildman–Crippen LogP) is 2.09. The number of methoxy groups -OCH3 is 1. The highest BCUT2D eigenvalue weighted by Crippen LogP contribution is 2.28. The molecule has 0 spiro atoms. The Kier molecular flexibility index (Phi) is 5.10. The molecule has 7 nitrogen and oxygen atoms in total. The first-order valence-corrected chi connectivity index (χ1v) is 8.19. The van der Waals surface area contributed by atoms with Crippen LogP contribution in [0.15, 0.2) is 24.3 Å². The number of hydrogen-bond donors (Lipinski definition) is 1. The van der Waals surface area contributed by atoms with Crippen LogP contribution in [-0.2, 0) is 17.9 Å². The third-order valence-electron chi connectivity index (χ3n) is 4.12. The van der Waals surface area contributed by atoms with Gasteiger partial charge < -0.3 is 14.8 Å². The molecule has 1 atom stereocenters. The number of ether oxygens (including phenoxy) is 2. The van der Waals surface area contributed by atoms with E-state index in [4.69, 9.17) is 9.47 Å². The number of amides is 1. The Morgan fingerprint density at radius 3 is 2.92 bits per heavy atom. The maximum absolute atomic E-state index is 12.2. The molecule has 1 N–H and O–H groups in total. The lowest BCUT2D eigenvalue weighted by Gasteiger charge is -2.24. The van der Waals surface area contributed by atoms with Gasteiger partial charge in [0.15, 0.2) is 5.69 Å². The fourth-order valence-electron chi connectivity index (χ4n) is 2.67. The second-order valence-corrected chi connectivity index (χ2v) is 5.75. The van der Waals surface area contributed by atoms with Gasteiger partial charge in [0.1, 0.15) is 11.9 Å². The Labute approximate surface area is 141 Å². The molecule has 1 amide bonds. The Balaban J connectivity index is 1.69. The van der Waals surface area contributed by atoms with Gasteiger partial charge in [0.25, 0.3) is 5.91 Å². The lowest BCUT2D eigenvalue weighted by Crippen LogP contribution is -2.28. The quantitative estimate of drug-likeness (QED) is 0.821. The molecule has 0 radical (unpaired) electrons. The molecule has 7 heteroatoms. The molecule has 1 aromatic carbocycles. The fraction of sp³-hybridized carbons (Fsp3) is 0.471. The highest BCUT2D eigenvalue weighted by Gasteiger charge is 2.27. The molecular formula is C17H22N4O3. The van der Waals surface area contributed by atoms with Crippen molar-refractivity contribution >= 4 is 5.91 Å². The van der Waals surface area contributed by atoms with Crippen LogP contribution in [0.25, 0.3) is 0 Å². The van der Waals surface area contributed by atoms with Crippen molar-refractivity contribution in [2.75, 3.05) is 13.7 Å². The van der Waals surface area contributed by atoms with Crippen LogP contribution in [0, 0.1) is 0 Å². The van der Waals surface area contributed by atoms with Crippen LogP contribution in [0.2, 0.25) is 0 Å². The molecule has 0 fully saturated rings. The normalized spacial score (nSPS) is 16.5. The van der Waals surface area contributed by atoms with Crippen LogP contribution < -0.4 is 10.1 Å². The molecule has 3 rings (SSSR count). The largest absolute Gasteiger partial charge is 0.497 e. The summed E-state index contributed by atoms with van der Waals surface area (Å²) in [5.74, 6) is 0.623. The molecule has 0 bridgehead atoms. The summed E-state index contributed by atoms with van der Waals surface area (Å²) >= 11 is 0. The zero-order valence-corrected chi connectivity index (χ0v) is 14.0. The molecule has 0 saturated heterocycles. The van der Waals surface area contributed by atoms with E-state index in [2.05, 4.69) is 22.6 Å². The Bertz CT molecular complexity index is 696. The van der Waals surface area contributed by atoms with Crippen LogP contribution >= 0.6 is 0 Å². The van der Waals surface area contributed by atoms with Crippen LogP contribution in [-0.4, -0.2) is 34.6 Å². The second-order valence-electron chi connectivity index (χ2n) is 5.75. The van der Waals surface area contributed by atoms with Crippen LogP contribution in [0.3, 0.4) is 0 Å². The monoisotopic (exact) mass is 330 g/mol. The Hall–Kier alpha value is -2.41.